The highest BCUT2D eigenvalue weighted by Gasteiger charge is 2.45. The van der Waals surface area contributed by atoms with Crippen molar-refractivity contribution < 1.29 is 9.90 Å². The number of carbonyl (C=O) groups excluding carboxylic acids is 1. The van der Waals surface area contributed by atoms with Crippen molar-refractivity contribution in [3.63, 3.8) is 0 Å². The van der Waals surface area contributed by atoms with Crippen molar-refractivity contribution in [2.24, 2.45) is 5.92 Å². The van der Waals surface area contributed by atoms with E-state index in [4.69, 9.17) is 0 Å². The minimum atomic E-state index is -0.241. The van der Waals surface area contributed by atoms with Crippen LogP contribution < -0.4 is 0 Å². The van der Waals surface area contributed by atoms with Crippen LogP contribution >= 0.6 is 0 Å². The quantitative estimate of drug-likeness (QED) is 0.711. The van der Waals surface area contributed by atoms with Crippen LogP contribution in [0.2, 0.25) is 0 Å². The van der Waals surface area contributed by atoms with Crippen molar-refractivity contribution in [2.75, 3.05) is 19.6 Å². The van der Waals surface area contributed by atoms with Gasteiger partial charge in [-0.05, 0) is 50.1 Å². The van der Waals surface area contributed by atoms with Crippen LogP contribution in [0.15, 0.2) is 11.3 Å². The Morgan fingerprint density at radius 1 is 1.16 bits per heavy atom. The summed E-state index contributed by atoms with van der Waals surface area (Å²) >= 11 is 0. The number of fused-ring (bicyclic) bond motifs is 1. The molecular weight excluding hydrogens is 240 g/mol. The average Bonchev–Trinajstić information content (AvgIpc) is 2.40. The third kappa shape index (κ3) is 1.77. The van der Waals surface area contributed by atoms with E-state index in [0.29, 0.717) is 24.3 Å². The van der Waals surface area contributed by atoms with E-state index in [2.05, 4.69) is 9.80 Å². The molecule has 0 aromatic rings. The van der Waals surface area contributed by atoms with E-state index in [1.807, 2.05) is 0 Å². The Morgan fingerprint density at radius 2 is 2.05 bits per heavy atom. The van der Waals surface area contributed by atoms with Crippen LogP contribution in [-0.2, 0) is 4.79 Å². The van der Waals surface area contributed by atoms with Crippen LogP contribution in [0.4, 0.5) is 0 Å². The van der Waals surface area contributed by atoms with Crippen molar-refractivity contribution in [3.05, 3.63) is 11.3 Å². The van der Waals surface area contributed by atoms with Crippen molar-refractivity contribution in [1.82, 2.24) is 9.80 Å². The molecule has 0 aromatic carbocycles. The van der Waals surface area contributed by atoms with Gasteiger partial charge >= 0.3 is 0 Å². The molecular formula is C15H22N2O2. The molecule has 0 aromatic heterocycles. The van der Waals surface area contributed by atoms with Gasteiger partial charge in [-0.1, -0.05) is 0 Å². The lowest BCUT2D eigenvalue weighted by molar-refractivity contribution is -0.133. The summed E-state index contributed by atoms with van der Waals surface area (Å²) in [6, 6.07) is 0.522. The van der Waals surface area contributed by atoms with Gasteiger partial charge in [-0.2, -0.15) is 0 Å². The van der Waals surface area contributed by atoms with Crippen LogP contribution in [-0.4, -0.2) is 52.6 Å². The Kier molecular flexibility index (Phi) is 2.71. The number of piperidine rings is 3. The first-order valence-electron chi connectivity index (χ1n) is 7.68. The number of nitrogens with zero attached hydrogens (tertiary/aromatic N) is 2. The Balaban J connectivity index is 1.78. The zero-order valence-electron chi connectivity index (χ0n) is 11.3. The summed E-state index contributed by atoms with van der Waals surface area (Å²) < 4.78 is 0. The van der Waals surface area contributed by atoms with Gasteiger partial charge < -0.3 is 10.0 Å². The summed E-state index contributed by atoms with van der Waals surface area (Å²) in [6.45, 7) is 2.86. The summed E-state index contributed by atoms with van der Waals surface area (Å²) in [6.07, 6.45) is 5.72. The number of amides is 1. The van der Waals surface area contributed by atoms with Gasteiger partial charge in [-0.25, -0.2) is 0 Å². The van der Waals surface area contributed by atoms with Gasteiger partial charge in [0.05, 0.1) is 6.10 Å². The second kappa shape index (κ2) is 4.32. The highest BCUT2D eigenvalue weighted by molar-refractivity contribution is 5.79. The van der Waals surface area contributed by atoms with Gasteiger partial charge in [-0.15, -0.1) is 0 Å². The fourth-order valence-electron chi connectivity index (χ4n) is 4.66. The third-order valence-electron chi connectivity index (χ3n) is 5.34. The molecule has 4 heteroatoms. The first kappa shape index (κ1) is 11.9. The van der Waals surface area contributed by atoms with E-state index < -0.39 is 0 Å². The van der Waals surface area contributed by atoms with Crippen LogP contribution in [0.1, 0.15) is 38.5 Å². The molecule has 4 rings (SSSR count). The number of aliphatic hydroxyl groups is 1. The van der Waals surface area contributed by atoms with Crippen molar-refractivity contribution in [3.8, 4) is 0 Å². The van der Waals surface area contributed by atoms with E-state index >= 15 is 0 Å². The topological polar surface area (TPSA) is 43.8 Å². The van der Waals surface area contributed by atoms with Crippen LogP contribution in [0.25, 0.3) is 0 Å². The lowest BCUT2D eigenvalue weighted by atomic mass is 9.74. The van der Waals surface area contributed by atoms with E-state index in [9.17, 15) is 9.90 Å². The van der Waals surface area contributed by atoms with Gasteiger partial charge in [-0.3, -0.25) is 9.69 Å². The Bertz CT molecular complexity index is 445. The Hall–Kier alpha value is -0.870. The molecule has 4 aliphatic heterocycles. The van der Waals surface area contributed by atoms with E-state index in [-0.39, 0.29) is 6.10 Å². The number of rotatable bonds is 0. The van der Waals surface area contributed by atoms with Gasteiger partial charge in [0, 0.05) is 31.2 Å². The fraction of sp³-hybridized carbons (Fsp3) is 0.800. The summed E-state index contributed by atoms with van der Waals surface area (Å²) in [4.78, 5) is 16.7. The molecule has 104 valence electrons. The Morgan fingerprint density at radius 3 is 2.95 bits per heavy atom. The smallest absolute Gasteiger partial charge is 0.226 e. The van der Waals surface area contributed by atoms with Gasteiger partial charge in [0.15, 0.2) is 0 Å². The van der Waals surface area contributed by atoms with E-state index in [1.54, 1.807) is 0 Å². The third-order valence-corrected chi connectivity index (χ3v) is 5.34. The summed E-state index contributed by atoms with van der Waals surface area (Å²) in [5.74, 6) is 0.909. The van der Waals surface area contributed by atoms with E-state index in [0.717, 1.165) is 38.9 Å². The molecule has 0 aliphatic carbocycles. The monoisotopic (exact) mass is 262 g/mol. The van der Waals surface area contributed by atoms with Crippen molar-refractivity contribution >= 4 is 5.91 Å². The van der Waals surface area contributed by atoms with Crippen molar-refractivity contribution in [1.29, 1.82) is 0 Å². The highest BCUT2D eigenvalue weighted by atomic mass is 16.3. The average molecular weight is 262 g/mol. The molecule has 4 aliphatic rings. The standard InChI is InChI=1S/C15H22N2O2/c18-11-7-12-13-4-1-5-14(19)17(13)8-10-3-2-6-16(9-11)15(10)12/h10-11,15,18H,1-9H2/t10-,11-,15-/m0/s1. The molecule has 0 radical (unpaired) electrons. The molecule has 19 heavy (non-hydrogen) atoms. The van der Waals surface area contributed by atoms with Crippen molar-refractivity contribution in [2.45, 2.75) is 50.7 Å². The molecule has 0 bridgehead atoms. The maximum atomic E-state index is 12.2. The number of hydrogen-bond acceptors (Lipinski definition) is 3. The second-order valence-corrected chi connectivity index (χ2v) is 6.53. The number of hydrogen-bond donors (Lipinski definition) is 1. The number of allylic oxidation sites excluding steroid dienone is 1. The normalized spacial score (nSPS) is 39.1. The molecule has 3 saturated heterocycles. The predicted octanol–water partition coefficient (Wildman–Crippen LogP) is 1.11. The minimum absolute atomic E-state index is 0.241. The first-order valence-corrected chi connectivity index (χ1v) is 7.68. The largest absolute Gasteiger partial charge is 0.391 e. The minimum Gasteiger partial charge on any atom is -0.391 e. The maximum absolute atomic E-state index is 12.2. The number of carbonyl (C=O) groups is 1. The lowest BCUT2D eigenvalue weighted by Crippen LogP contribution is -2.59. The first-order chi connectivity index (χ1) is 9.24. The van der Waals surface area contributed by atoms with Gasteiger partial charge in [0.1, 0.15) is 0 Å². The summed E-state index contributed by atoms with van der Waals surface area (Å²) in [5, 5.41) is 10.1. The van der Waals surface area contributed by atoms with Crippen LogP contribution in [0.3, 0.4) is 0 Å². The SMILES string of the molecule is O=C1CCCC2=C3C[C@H](O)CN4CCC[C@@H](CN12)[C@@H]34. The molecule has 3 atom stereocenters. The molecule has 4 nitrogen and oxygen atoms in total. The summed E-state index contributed by atoms with van der Waals surface area (Å²) in [5.41, 5.74) is 2.66. The summed E-state index contributed by atoms with van der Waals surface area (Å²) in [7, 11) is 0. The molecule has 3 fully saturated rings. The maximum Gasteiger partial charge on any atom is 0.226 e. The molecule has 1 N–H and O–H groups in total. The second-order valence-electron chi connectivity index (χ2n) is 6.53. The molecule has 0 spiro atoms. The zero-order valence-corrected chi connectivity index (χ0v) is 11.3. The highest BCUT2D eigenvalue weighted by Crippen LogP contribution is 2.43. The molecule has 1 amide bonds. The predicted molar refractivity (Wildman–Crippen MR) is 71.3 cm³/mol. The fourth-order valence-corrected chi connectivity index (χ4v) is 4.66. The van der Waals surface area contributed by atoms with Crippen LogP contribution in [0, 0.1) is 5.92 Å². The molecule has 0 unspecified atom stereocenters. The molecule has 0 saturated carbocycles. The molecule has 4 heterocycles. The Labute approximate surface area is 114 Å². The number of aliphatic hydroxyl groups excluding tert-OH is 1. The van der Waals surface area contributed by atoms with Crippen LogP contribution in [0.5, 0.6) is 0 Å². The lowest BCUT2D eigenvalue weighted by Gasteiger charge is -2.53. The zero-order chi connectivity index (χ0) is 13.0. The van der Waals surface area contributed by atoms with Gasteiger partial charge in [0.25, 0.3) is 0 Å². The van der Waals surface area contributed by atoms with E-state index in [1.165, 1.54) is 24.1 Å². The van der Waals surface area contributed by atoms with Gasteiger partial charge in [0.2, 0.25) is 5.91 Å².